The third kappa shape index (κ3) is 5.18. The minimum Gasteiger partial charge on any atom is -0.507 e. The maximum absolute atomic E-state index is 13.5. The number of nitrogen functional groups attached to an aromatic ring is 1. The number of carbonyl (C=O) groups is 2. The van der Waals surface area contributed by atoms with E-state index in [1.165, 1.54) is 0 Å². The zero-order valence-electron chi connectivity index (χ0n) is 19.3. The topological polar surface area (TPSA) is 95.7 Å². The monoisotopic (exact) mass is 459 g/mol. The highest BCUT2D eigenvalue weighted by Crippen LogP contribution is 2.35. The van der Waals surface area contributed by atoms with E-state index in [2.05, 4.69) is 12.2 Å². The highest BCUT2D eigenvalue weighted by atomic mass is 35.5. The second-order valence-electron chi connectivity index (χ2n) is 8.48. The van der Waals surface area contributed by atoms with Crippen LogP contribution in [0, 0.1) is 20.8 Å². The number of aromatic hydroxyl groups is 1. The van der Waals surface area contributed by atoms with Crippen molar-refractivity contribution < 1.29 is 14.7 Å². The zero-order valence-corrected chi connectivity index (χ0v) is 20.1. The quantitative estimate of drug-likeness (QED) is 0.323. The molecule has 7 heteroatoms. The molecule has 0 aliphatic carbocycles. The second-order valence-corrected chi connectivity index (χ2v) is 8.48. The fourth-order valence-corrected chi connectivity index (χ4v) is 4.25. The number of phenolic OH excluding ortho intramolecular Hbond substituents is 1. The number of nitrogens with zero attached hydrogens (tertiary/aromatic N) is 1. The summed E-state index contributed by atoms with van der Waals surface area (Å²) in [6.07, 6.45) is 3.99. The second kappa shape index (κ2) is 10.7. The molecule has 0 radical (unpaired) electrons. The van der Waals surface area contributed by atoms with Gasteiger partial charge in [0.1, 0.15) is 11.8 Å². The summed E-state index contributed by atoms with van der Waals surface area (Å²) >= 11 is 0. The van der Waals surface area contributed by atoms with Gasteiger partial charge in [-0.3, -0.25) is 9.59 Å². The summed E-state index contributed by atoms with van der Waals surface area (Å²) in [4.78, 5) is 28.3. The number of rotatable bonds is 6. The number of halogens is 1. The van der Waals surface area contributed by atoms with Crippen molar-refractivity contribution in [1.82, 2.24) is 4.90 Å². The van der Waals surface area contributed by atoms with Gasteiger partial charge < -0.3 is 21.1 Å². The summed E-state index contributed by atoms with van der Waals surface area (Å²) in [7, 11) is 0. The lowest BCUT2D eigenvalue weighted by Crippen LogP contribution is -2.45. The number of benzene rings is 2. The molecule has 0 bridgehead atoms. The molecule has 1 aliphatic heterocycles. The fraction of sp³-hybridized carbons (Fsp3) is 0.440. The number of aryl methyl sites for hydroxylation is 1. The van der Waals surface area contributed by atoms with Gasteiger partial charge in [-0.05, 0) is 79.6 Å². The number of carbonyl (C=O) groups excluding carboxylic acids is 2. The first-order valence-corrected chi connectivity index (χ1v) is 11.0. The molecule has 0 saturated carbocycles. The number of amides is 2. The van der Waals surface area contributed by atoms with Crippen molar-refractivity contribution in [1.29, 1.82) is 0 Å². The third-order valence-electron chi connectivity index (χ3n) is 6.28. The van der Waals surface area contributed by atoms with Crippen LogP contribution in [0.15, 0.2) is 24.3 Å². The van der Waals surface area contributed by atoms with Gasteiger partial charge in [0.05, 0.1) is 0 Å². The van der Waals surface area contributed by atoms with Crippen LogP contribution >= 0.6 is 12.4 Å². The molecular weight excluding hydrogens is 426 g/mol. The summed E-state index contributed by atoms with van der Waals surface area (Å²) in [6.45, 7) is 8.10. The molecule has 1 atom stereocenters. The van der Waals surface area contributed by atoms with Crippen LogP contribution in [0.1, 0.15) is 66.5 Å². The Labute approximate surface area is 196 Å². The molecule has 0 saturated heterocycles. The Balaban J connectivity index is 0.00000363. The van der Waals surface area contributed by atoms with E-state index in [4.69, 9.17) is 5.73 Å². The number of nitrogens with two attached hydrogens (primary N) is 1. The summed E-state index contributed by atoms with van der Waals surface area (Å²) in [5.41, 5.74) is 11.3. The molecule has 2 amide bonds. The molecule has 1 aliphatic rings. The van der Waals surface area contributed by atoms with Crippen molar-refractivity contribution >= 4 is 35.6 Å². The molecule has 0 spiro atoms. The molecular formula is C25H34ClN3O3. The lowest BCUT2D eigenvalue weighted by atomic mass is 9.90. The smallest absolute Gasteiger partial charge is 0.251 e. The van der Waals surface area contributed by atoms with Gasteiger partial charge in [-0.15, -0.1) is 12.4 Å². The van der Waals surface area contributed by atoms with Crippen LogP contribution < -0.4 is 11.1 Å². The number of phenols is 1. The summed E-state index contributed by atoms with van der Waals surface area (Å²) < 4.78 is 0. The first kappa shape index (κ1) is 25.5. The molecule has 0 fully saturated rings. The number of nitrogens with one attached hydrogen (secondary N) is 1. The molecule has 32 heavy (non-hydrogen) atoms. The molecule has 1 heterocycles. The van der Waals surface area contributed by atoms with Gasteiger partial charge >= 0.3 is 0 Å². The molecule has 0 aromatic heterocycles. The minimum absolute atomic E-state index is 0. The SMILES string of the molecule is CCCCCC(=O)N1CCc2ccc(N)cc2C1C(=O)Nc1cc(C)c(O)c(C)c1C.Cl. The maximum Gasteiger partial charge on any atom is 0.251 e. The Kier molecular flexibility index (Phi) is 8.56. The molecule has 1 unspecified atom stereocenters. The van der Waals surface area contributed by atoms with Gasteiger partial charge in [0, 0.05) is 24.3 Å². The minimum atomic E-state index is -0.727. The molecule has 3 rings (SSSR count). The van der Waals surface area contributed by atoms with Crippen molar-refractivity contribution in [3.8, 4) is 5.75 Å². The van der Waals surface area contributed by atoms with Gasteiger partial charge in [-0.1, -0.05) is 25.8 Å². The largest absolute Gasteiger partial charge is 0.507 e. The first-order chi connectivity index (χ1) is 14.7. The van der Waals surface area contributed by atoms with E-state index < -0.39 is 6.04 Å². The molecule has 174 valence electrons. The highest BCUT2D eigenvalue weighted by molar-refractivity contribution is 5.99. The van der Waals surface area contributed by atoms with Crippen LogP contribution in [-0.2, 0) is 16.0 Å². The number of hydrogen-bond acceptors (Lipinski definition) is 4. The van der Waals surface area contributed by atoms with Crippen LogP contribution in [0.2, 0.25) is 0 Å². The van der Waals surface area contributed by atoms with E-state index in [9.17, 15) is 14.7 Å². The van der Waals surface area contributed by atoms with Crippen LogP contribution in [0.3, 0.4) is 0 Å². The van der Waals surface area contributed by atoms with Crippen LogP contribution in [-0.4, -0.2) is 28.4 Å². The average molecular weight is 460 g/mol. The van der Waals surface area contributed by atoms with Crippen molar-refractivity contribution in [2.75, 3.05) is 17.6 Å². The highest BCUT2D eigenvalue weighted by Gasteiger charge is 2.36. The molecule has 2 aromatic rings. The number of unbranched alkanes of at least 4 members (excludes halogenated alkanes) is 2. The van der Waals surface area contributed by atoms with E-state index in [0.29, 0.717) is 36.3 Å². The van der Waals surface area contributed by atoms with Crippen LogP contribution in [0.25, 0.3) is 0 Å². The summed E-state index contributed by atoms with van der Waals surface area (Å²) in [6, 6.07) is 6.64. The normalized spacial score (nSPS) is 15.0. The van der Waals surface area contributed by atoms with E-state index in [-0.39, 0.29) is 30.0 Å². The summed E-state index contributed by atoms with van der Waals surface area (Å²) in [5.74, 6) is -0.0292. The molecule has 4 N–H and O–H groups in total. The number of hydrogen-bond donors (Lipinski definition) is 3. The van der Waals surface area contributed by atoms with Crippen molar-refractivity contribution in [2.24, 2.45) is 0 Å². The third-order valence-corrected chi connectivity index (χ3v) is 6.28. The Morgan fingerprint density at radius 3 is 2.56 bits per heavy atom. The lowest BCUT2D eigenvalue weighted by molar-refractivity contribution is -0.139. The van der Waals surface area contributed by atoms with E-state index in [1.54, 1.807) is 17.9 Å². The van der Waals surface area contributed by atoms with Gasteiger partial charge in [0.15, 0.2) is 0 Å². The van der Waals surface area contributed by atoms with Gasteiger partial charge in [0.2, 0.25) is 5.91 Å². The van der Waals surface area contributed by atoms with Crippen molar-refractivity contribution in [2.45, 2.75) is 65.8 Å². The van der Waals surface area contributed by atoms with E-state index in [1.807, 2.05) is 32.0 Å². The van der Waals surface area contributed by atoms with Gasteiger partial charge in [-0.2, -0.15) is 0 Å². The van der Waals surface area contributed by atoms with Gasteiger partial charge in [0.25, 0.3) is 5.91 Å². The Bertz CT molecular complexity index is 1010. The predicted octanol–water partition coefficient (Wildman–Crippen LogP) is 4.97. The maximum atomic E-state index is 13.5. The number of fused-ring (bicyclic) bond motifs is 1. The Hall–Kier alpha value is -2.73. The lowest BCUT2D eigenvalue weighted by Gasteiger charge is -2.37. The van der Waals surface area contributed by atoms with Gasteiger partial charge in [-0.25, -0.2) is 0 Å². The molecule has 6 nitrogen and oxygen atoms in total. The summed E-state index contributed by atoms with van der Waals surface area (Å²) in [5, 5.41) is 13.2. The first-order valence-electron chi connectivity index (χ1n) is 11.0. The van der Waals surface area contributed by atoms with Crippen molar-refractivity contribution in [3.05, 3.63) is 52.1 Å². The molecule has 2 aromatic carbocycles. The predicted molar refractivity (Wildman–Crippen MR) is 131 cm³/mol. The van der Waals surface area contributed by atoms with Crippen LogP contribution in [0.5, 0.6) is 5.75 Å². The zero-order chi connectivity index (χ0) is 22.7. The Morgan fingerprint density at radius 2 is 1.88 bits per heavy atom. The van der Waals surface area contributed by atoms with E-state index >= 15 is 0 Å². The fourth-order valence-electron chi connectivity index (χ4n) is 4.25. The van der Waals surface area contributed by atoms with E-state index in [0.717, 1.165) is 41.5 Å². The van der Waals surface area contributed by atoms with Crippen LogP contribution in [0.4, 0.5) is 11.4 Å². The Morgan fingerprint density at radius 1 is 1.16 bits per heavy atom. The van der Waals surface area contributed by atoms with Crippen molar-refractivity contribution in [3.63, 3.8) is 0 Å². The standard InChI is InChI=1S/C25H33N3O3.ClH/c1-5-6-7-8-22(29)28-12-11-18-9-10-19(26)14-20(18)23(28)25(31)27-21-13-15(2)24(30)17(4)16(21)3;/h9-10,13-14,23,30H,5-8,11-12,26H2,1-4H3,(H,27,31);1H. The number of anilines is 2. The average Bonchev–Trinajstić information content (AvgIpc) is 2.75.